The van der Waals surface area contributed by atoms with Gasteiger partial charge < -0.3 is 19.6 Å². The lowest BCUT2D eigenvalue weighted by Gasteiger charge is -2.20. The third-order valence-corrected chi connectivity index (χ3v) is 4.70. The number of furan rings is 1. The molecule has 3 aromatic rings. The molecule has 0 saturated heterocycles. The summed E-state index contributed by atoms with van der Waals surface area (Å²) in [6.45, 7) is 5.17. The summed E-state index contributed by atoms with van der Waals surface area (Å²) in [5.41, 5.74) is 6.49. The fraction of sp³-hybridized carbons (Fsp3) is 0.333. The predicted molar refractivity (Wildman–Crippen MR) is 98.4 cm³/mol. The van der Waals surface area contributed by atoms with Crippen molar-refractivity contribution in [1.29, 1.82) is 0 Å². The van der Waals surface area contributed by atoms with Crippen LogP contribution in [0, 0.1) is 13.8 Å². The Kier molecular flexibility index (Phi) is 4.38. The molecule has 2 N–H and O–H groups in total. The van der Waals surface area contributed by atoms with Gasteiger partial charge in [-0.1, -0.05) is 0 Å². The van der Waals surface area contributed by atoms with Crippen molar-refractivity contribution >= 4 is 17.5 Å². The minimum absolute atomic E-state index is 0.0555. The minimum atomic E-state index is -0.794. The van der Waals surface area contributed by atoms with Crippen LogP contribution in [0.1, 0.15) is 28.9 Å². The van der Waals surface area contributed by atoms with Gasteiger partial charge in [0.15, 0.2) is 0 Å². The number of imidazole rings is 1. The van der Waals surface area contributed by atoms with Gasteiger partial charge in [-0.25, -0.2) is 4.98 Å². The first-order valence-corrected chi connectivity index (χ1v) is 8.34. The van der Waals surface area contributed by atoms with E-state index in [2.05, 4.69) is 4.98 Å². The van der Waals surface area contributed by atoms with Gasteiger partial charge in [-0.2, -0.15) is 0 Å². The van der Waals surface area contributed by atoms with Crippen molar-refractivity contribution in [2.45, 2.75) is 26.8 Å². The van der Waals surface area contributed by atoms with Gasteiger partial charge in [-0.3, -0.25) is 18.8 Å². The molecule has 9 heteroatoms. The third-order valence-electron chi connectivity index (χ3n) is 4.70. The molecule has 3 aromatic heterocycles. The van der Waals surface area contributed by atoms with Crippen LogP contribution in [-0.2, 0) is 11.8 Å². The van der Waals surface area contributed by atoms with E-state index in [4.69, 9.17) is 10.2 Å². The van der Waals surface area contributed by atoms with Gasteiger partial charge in [0, 0.05) is 32.1 Å². The van der Waals surface area contributed by atoms with Gasteiger partial charge >= 0.3 is 0 Å². The molecule has 0 radical (unpaired) electrons. The number of primary amides is 1. The highest BCUT2D eigenvalue weighted by molar-refractivity contribution is 5.96. The van der Waals surface area contributed by atoms with E-state index >= 15 is 0 Å². The molecule has 0 aliphatic heterocycles. The second-order valence-electron chi connectivity index (χ2n) is 6.56. The van der Waals surface area contributed by atoms with Crippen LogP contribution in [0.3, 0.4) is 0 Å². The SMILES string of the molecule is Cc1cc(-c2cn3cc(C(=O)N(C)C(C)C(N)=O)nc3c(=O)n2C)c(C)o1. The Balaban J connectivity index is 2.12. The van der Waals surface area contributed by atoms with Gasteiger partial charge in [-0.05, 0) is 26.8 Å². The van der Waals surface area contributed by atoms with E-state index in [1.165, 1.54) is 34.0 Å². The molecular weight excluding hydrogens is 350 g/mol. The number of rotatable bonds is 4. The van der Waals surface area contributed by atoms with Crippen LogP contribution < -0.4 is 11.3 Å². The number of amides is 2. The van der Waals surface area contributed by atoms with Crippen molar-refractivity contribution in [1.82, 2.24) is 18.9 Å². The average molecular weight is 371 g/mol. The van der Waals surface area contributed by atoms with Crippen LogP contribution in [-0.4, -0.2) is 43.8 Å². The van der Waals surface area contributed by atoms with Gasteiger partial charge in [0.2, 0.25) is 11.6 Å². The quantitative estimate of drug-likeness (QED) is 0.730. The van der Waals surface area contributed by atoms with Crippen LogP contribution in [0.15, 0.2) is 27.7 Å². The lowest BCUT2D eigenvalue weighted by molar-refractivity contribution is -0.121. The Morgan fingerprint density at radius 1 is 1.30 bits per heavy atom. The number of aromatic nitrogens is 3. The monoisotopic (exact) mass is 371 g/mol. The lowest BCUT2D eigenvalue weighted by atomic mass is 10.2. The number of nitrogens with zero attached hydrogens (tertiary/aromatic N) is 4. The van der Waals surface area contributed by atoms with Crippen LogP contribution in [0.25, 0.3) is 16.9 Å². The Morgan fingerprint density at radius 3 is 2.52 bits per heavy atom. The van der Waals surface area contributed by atoms with Crippen molar-refractivity contribution in [3.8, 4) is 11.3 Å². The number of hydrogen-bond acceptors (Lipinski definition) is 5. The highest BCUT2D eigenvalue weighted by Gasteiger charge is 2.24. The van der Waals surface area contributed by atoms with Gasteiger partial charge in [-0.15, -0.1) is 0 Å². The van der Waals surface area contributed by atoms with Crippen LogP contribution >= 0.6 is 0 Å². The number of nitrogens with two attached hydrogens (primary N) is 1. The Morgan fingerprint density at radius 2 is 1.96 bits per heavy atom. The molecular formula is C18H21N5O4. The smallest absolute Gasteiger partial charge is 0.294 e. The zero-order valence-electron chi connectivity index (χ0n) is 15.8. The summed E-state index contributed by atoms with van der Waals surface area (Å²) >= 11 is 0. The summed E-state index contributed by atoms with van der Waals surface area (Å²) in [4.78, 5) is 42.0. The number of likely N-dealkylation sites (N-methyl/N-ethyl adjacent to an activating group) is 1. The summed E-state index contributed by atoms with van der Waals surface area (Å²) in [5.74, 6) is 0.300. The third kappa shape index (κ3) is 3.01. The van der Waals surface area contributed by atoms with Gasteiger partial charge in [0.1, 0.15) is 23.3 Å². The van der Waals surface area contributed by atoms with Crippen LogP contribution in [0.2, 0.25) is 0 Å². The molecule has 0 bridgehead atoms. The summed E-state index contributed by atoms with van der Waals surface area (Å²) in [6.07, 6.45) is 3.18. The van der Waals surface area contributed by atoms with Crippen molar-refractivity contribution < 1.29 is 14.0 Å². The molecule has 0 saturated carbocycles. The fourth-order valence-electron chi connectivity index (χ4n) is 2.91. The lowest BCUT2D eigenvalue weighted by Crippen LogP contribution is -2.43. The summed E-state index contributed by atoms with van der Waals surface area (Å²) in [7, 11) is 3.10. The first-order valence-electron chi connectivity index (χ1n) is 8.34. The Hall–Kier alpha value is -3.36. The van der Waals surface area contributed by atoms with Crippen molar-refractivity contribution in [2.24, 2.45) is 12.8 Å². The molecule has 0 fully saturated rings. The first-order chi connectivity index (χ1) is 12.6. The van der Waals surface area contributed by atoms with E-state index in [-0.39, 0.29) is 16.9 Å². The topological polar surface area (TPSA) is 116 Å². The number of carbonyl (C=O) groups is 2. The normalized spacial score (nSPS) is 12.3. The molecule has 0 spiro atoms. The van der Waals surface area contributed by atoms with Crippen molar-refractivity contribution in [3.63, 3.8) is 0 Å². The maximum Gasteiger partial charge on any atom is 0.294 e. The average Bonchev–Trinajstić information content (AvgIpc) is 3.18. The van der Waals surface area contributed by atoms with Gasteiger partial charge in [0.05, 0.1) is 5.69 Å². The summed E-state index contributed by atoms with van der Waals surface area (Å²) in [5, 5.41) is 0. The standard InChI is InChI=1S/C18H21N5O4/c1-9-6-12(11(3)27-9)14-8-23-7-13(20-16(23)18(26)22(14)5)17(25)21(4)10(2)15(19)24/h6-8,10H,1-5H3,(H2,19,24). The second-order valence-corrected chi connectivity index (χ2v) is 6.56. The zero-order valence-corrected chi connectivity index (χ0v) is 15.8. The Labute approximate surface area is 155 Å². The highest BCUT2D eigenvalue weighted by Crippen LogP contribution is 2.25. The molecule has 142 valence electrons. The zero-order chi connectivity index (χ0) is 20.0. The number of fused-ring (bicyclic) bond motifs is 1. The maximum atomic E-state index is 12.7. The molecule has 9 nitrogen and oxygen atoms in total. The van der Waals surface area contributed by atoms with E-state index in [0.717, 1.165) is 11.3 Å². The molecule has 0 aliphatic carbocycles. The minimum Gasteiger partial charge on any atom is -0.466 e. The van der Waals surface area contributed by atoms with E-state index < -0.39 is 17.9 Å². The first kappa shape index (κ1) is 18.4. The molecule has 3 heterocycles. The van der Waals surface area contributed by atoms with Gasteiger partial charge in [0.25, 0.3) is 11.5 Å². The molecule has 2 amide bonds. The van der Waals surface area contributed by atoms with E-state index in [1.54, 1.807) is 13.2 Å². The summed E-state index contributed by atoms with van der Waals surface area (Å²) < 4.78 is 8.53. The number of aryl methyl sites for hydroxylation is 2. The molecule has 0 aromatic carbocycles. The molecule has 0 aliphatic rings. The largest absolute Gasteiger partial charge is 0.466 e. The van der Waals surface area contributed by atoms with Crippen molar-refractivity contribution in [2.75, 3.05) is 7.05 Å². The van der Waals surface area contributed by atoms with E-state index in [9.17, 15) is 14.4 Å². The fourth-order valence-corrected chi connectivity index (χ4v) is 2.91. The van der Waals surface area contributed by atoms with Crippen molar-refractivity contribution in [3.05, 3.63) is 46.0 Å². The number of hydrogen-bond donors (Lipinski definition) is 1. The predicted octanol–water partition coefficient (Wildman–Crippen LogP) is 0.856. The molecule has 27 heavy (non-hydrogen) atoms. The Bertz CT molecular complexity index is 1120. The molecule has 1 atom stereocenters. The highest BCUT2D eigenvalue weighted by atomic mass is 16.3. The second kappa shape index (κ2) is 6.42. The van der Waals surface area contributed by atoms with Crippen LogP contribution in [0.5, 0.6) is 0 Å². The molecule has 3 rings (SSSR count). The number of carbonyl (C=O) groups excluding carboxylic acids is 2. The van der Waals surface area contributed by atoms with Crippen LogP contribution in [0.4, 0.5) is 0 Å². The van der Waals surface area contributed by atoms with E-state index in [1.807, 2.05) is 19.9 Å². The summed E-state index contributed by atoms with van der Waals surface area (Å²) in [6, 6.07) is 1.05. The maximum absolute atomic E-state index is 12.7. The van der Waals surface area contributed by atoms with E-state index in [0.29, 0.717) is 11.5 Å². The molecule has 1 unspecified atom stereocenters.